The molecule has 1 aromatic carbocycles. The minimum Gasteiger partial charge on any atom is -0.454 e. The molecule has 0 aliphatic carbocycles. The quantitative estimate of drug-likeness (QED) is 0.672. The third-order valence-electron chi connectivity index (χ3n) is 5.34. The first-order chi connectivity index (χ1) is 14.3. The van der Waals surface area contributed by atoms with Crippen LogP contribution in [-0.2, 0) is 6.54 Å². The Morgan fingerprint density at radius 3 is 2.52 bits per heavy atom. The molecule has 8 heteroatoms. The molecular weight excluding hydrogens is 368 g/mol. The summed E-state index contributed by atoms with van der Waals surface area (Å²) < 4.78 is 10.9. The van der Waals surface area contributed by atoms with Crippen molar-refractivity contribution in [2.75, 3.05) is 55.9 Å². The van der Waals surface area contributed by atoms with Gasteiger partial charge in [-0.2, -0.15) is 10.1 Å². The van der Waals surface area contributed by atoms with Crippen LogP contribution in [0.5, 0.6) is 11.5 Å². The maximum atomic E-state index is 5.49. The zero-order chi connectivity index (χ0) is 20.1. The summed E-state index contributed by atoms with van der Waals surface area (Å²) in [7, 11) is 0. The number of hydrogen-bond acceptors (Lipinski definition) is 8. The van der Waals surface area contributed by atoms with Gasteiger partial charge in [-0.15, -0.1) is 5.10 Å². The summed E-state index contributed by atoms with van der Waals surface area (Å²) in [5.41, 5.74) is 1.25. The predicted molar refractivity (Wildman–Crippen MR) is 113 cm³/mol. The molecular formula is C21H30N6O2. The zero-order valence-corrected chi connectivity index (χ0v) is 17.4. The van der Waals surface area contributed by atoms with E-state index in [1.165, 1.54) is 5.56 Å². The van der Waals surface area contributed by atoms with E-state index in [9.17, 15) is 0 Å². The second kappa shape index (κ2) is 9.26. The van der Waals surface area contributed by atoms with Crippen molar-refractivity contribution in [3.63, 3.8) is 0 Å². The number of rotatable bonds is 8. The number of ether oxygens (including phenoxy) is 2. The van der Waals surface area contributed by atoms with Crippen molar-refractivity contribution in [1.82, 2.24) is 20.1 Å². The van der Waals surface area contributed by atoms with Crippen molar-refractivity contribution in [1.29, 1.82) is 0 Å². The molecule has 1 aromatic heterocycles. The lowest BCUT2D eigenvalue weighted by molar-refractivity contribution is 0.174. The van der Waals surface area contributed by atoms with E-state index in [0.29, 0.717) is 6.79 Å². The molecule has 2 aliphatic heterocycles. The van der Waals surface area contributed by atoms with Crippen LogP contribution in [0.25, 0.3) is 0 Å². The molecule has 2 aliphatic rings. The summed E-state index contributed by atoms with van der Waals surface area (Å²) in [6.07, 6.45) is 3.94. The van der Waals surface area contributed by atoms with Gasteiger partial charge in [-0.05, 0) is 30.5 Å². The van der Waals surface area contributed by atoms with Gasteiger partial charge >= 0.3 is 0 Å². The van der Waals surface area contributed by atoms with Gasteiger partial charge in [0.2, 0.25) is 12.7 Å². The van der Waals surface area contributed by atoms with E-state index in [0.717, 1.165) is 81.9 Å². The number of anilines is 2. The molecule has 2 aromatic rings. The summed E-state index contributed by atoms with van der Waals surface area (Å²) in [6.45, 7) is 11.4. The van der Waals surface area contributed by atoms with Gasteiger partial charge in [0.25, 0.3) is 0 Å². The molecule has 0 bridgehead atoms. The Hall–Kier alpha value is -2.61. The molecule has 0 unspecified atom stereocenters. The molecule has 0 N–H and O–H groups in total. The summed E-state index contributed by atoms with van der Waals surface area (Å²) in [4.78, 5) is 11.8. The van der Waals surface area contributed by atoms with Crippen LogP contribution in [0.3, 0.4) is 0 Å². The topological polar surface area (TPSA) is 66.9 Å². The van der Waals surface area contributed by atoms with Crippen LogP contribution < -0.4 is 19.3 Å². The second-order valence-electron chi connectivity index (χ2n) is 7.55. The van der Waals surface area contributed by atoms with Gasteiger partial charge in [-0.1, -0.05) is 19.9 Å². The number of hydrogen-bond donors (Lipinski definition) is 0. The fourth-order valence-electron chi connectivity index (χ4n) is 3.86. The number of benzene rings is 1. The fourth-order valence-corrected chi connectivity index (χ4v) is 3.86. The van der Waals surface area contributed by atoms with Gasteiger partial charge in [0.05, 0.1) is 6.20 Å². The van der Waals surface area contributed by atoms with Gasteiger partial charge in [0.15, 0.2) is 17.3 Å². The molecule has 3 heterocycles. The molecule has 0 radical (unpaired) electrons. The van der Waals surface area contributed by atoms with Gasteiger partial charge in [-0.25, -0.2) is 0 Å². The smallest absolute Gasteiger partial charge is 0.247 e. The van der Waals surface area contributed by atoms with Crippen LogP contribution in [0.2, 0.25) is 0 Å². The van der Waals surface area contributed by atoms with E-state index in [-0.39, 0.29) is 0 Å². The highest BCUT2D eigenvalue weighted by atomic mass is 16.7. The van der Waals surface area contributed by atoms with Crippen molar-refractivity contribution >= 4 is 11.8 Å². The predicted octanol–water partition coefficient (Wildman–Crippen LogP) is 2.55. The third-order valence-corrected chi connectivity index (χ3v) is 5.34. The molecule has 0 spiro atoms. The first-order valence-electron chi connectivity index (χ1n) is 10.6. The second-order valence-corrected chi connectivity index (χ2v) is 7.55. The minimum atomic E-state index is 0.320. The van der Waals surface area contributed by atoms with Crippen molar-refractivity contribution < 1.29 is 9.47 Å². The van der Waals surface area contributed by atoms with E-state index >= 15 is 0 Å². The standard InChI is InChI=1S/C21H30N6O2/c1-3-7-27(8-4-2)21-23-20(14-22-24-21)26-11-9-25(10-12-26)15-17-5-6-18-19(13-17)29-16-28-18/h5-6,13-14H,3-4,7-12,15-16H2,1-2H3. The molecule has 0 saturated carbocycles. The molecule has 1 fully saturated rings. The average Bonchev–Trinajstić information content (AvgIpc) is 3.22. The minimum absolute atomic E-state index is 0.320. The molecule has 4 rings (SSSR count). The molecule has 8 nitrogen and oxygen atoms in total. The molecule has 156 valence electrons. The van der Waals surface area contributed by atoms with Crippen molar-refractivity contribution in [3.8, 4) is 11.5 Å². The van der Waals surface area contributed by atoms with E-state index < -0.39 is 0 Å². The summed E-state index contributed by atoms with van der Waals surface area (Å²) in [5, 5.41) is 8.51. The maximum absolute atomic E-state index is 5.49. The van der Waals surface area contributed by atoms with E-state index in [4.69, 9.17) is 14.5 Å². The Bertz CT molecular complexity index is 804. The fraction of sp³-hybridized carbons (Fsp3) is 0.571. The Kier molecular flexibility index (Phi) is 6.29. The summed E-state index contributed by atoms with van der Waals surface area (Å²) in [6, 6.07) is 6.21. The Balaban J connectivity index is 1.35. The van der Waals surface area contributed by atoms with Crippen molar-refractivity contribution in [2.45, 2.75) is 33.2 Å². The lowest BCUT2D eigenvalue weighted by Gasteiger charge is -2.35. The summed E-state index contributed by atoms with van der Waals surface area (Å²) >= 11 is 0. The number of nitrogens with zero attached hydrogens (tertiary/aromatic N) is 6. The first-order valence-corrected chi connectivity index (χ1v) is 10.6. The highest BCUT2D eigenvalue weighted by molar-refractivity contribution is 5.45. The van der Waals surface area contributed by atoms with Gasteiger partial charge in [0, 0.05) is 45.8 Å². The van der Waals surface area contributed by atoms with Gasteiger partial charge in [-0.3, -0.25) is 4.90 Å². The van der Waals surface area contributed by atoms with Crippen molar-refractivity contribution in [2.24, 2.45) is 0 Å². The third kappa shape index (κ3) is 4.70. The van der Waals surface area contributed by atoms with Gasteiger partial charge < -0.3 is 19.3 Å². The van der Waals surface area contributed by atoms with Crippen LogP contribution >= 0.6 is 0 Å². The molecule has 29 heavy (non-hydrogen) atoms. The lowest BCUT2D eigenvalue weighted by Crippen LogP contribution is -2.46. The van der Waals surface area contributed by atoms with Crippen LogP contribution in [0.15, 0.2) is 24.4 Å². The van der Waals surface area contributed by atoms with Crippen LogP contribution in [-0.4, -0.2) is 66.1 Å². The number of aromatic nitrogens is 3. The summed E-state index contributed by atoms with van der Waals surface area (Å²) in [5.74, 6) is 3.36. The van der Waals surface area contributed by atoms with Crippen LogP contribution in [0, 0.1) is 0 Å². The molecule has 0 atom stereocenters. The lowest BCUT2D eigenvalue weighted by atomic mass is 10.1. The highest BCUT2D eigenvalue weighted by Gasteiger charge is 2.21. The normalized spacial score (nSPS) is 16.3. The first kappa shape index (κ1) is 19.7. The Morgan fingerprint density at radius 2 is 1.76 bits per heavy atom. The Morgan fingerprint density at radius 1 is 1.00 bits per heavy atom. The van der Waals surface area contributed by atoms with Crippen molar-refractivity contribution in [3.05, 3.63) is 30.0 Å². The van der Waals surface area contributed by atoms with Crippen LogP contribution in [0.4, 0.5) is 11.8 Å². The van der Waals surface area contributed by atoms with Gasteiger partial charge in [0.1, 0.15) is 0 Å². The monoisotopic (exact) mass is 398 g/mol. The average molecular weight is 399 g/mol. The SMILES string of the molecule is CCCN(CCC)c1nncc(N2CCN(Cc3ccc4c(c3)OCO4)CC2)n1. The molecule has 0 amide bonds. The van der Waals surface area contributed by atoms with Crippen LogP contribution in [0.1, 0.15) is 32.3 Å². The Labute approximate surface area is 172 Å². The van der Waals surface area contributed by atoms with E-state index in [1.807, 2.05) is 6.07 Å². The highest BCUT2D eigenvalue weighted by Crippen LogP contribution is 2.32. The number of fused-ring (bicyclic) bond motifs is 1. The van der Waals surface area contributed by atoms with E-state index in [2.05, 4.69) is 50.9 Å². The zero-order valence-electron chi connectivity index (χ0n) is 17.4. The largest absolute Gasteiger partial charge is 0.454 e. The maximum Gasteiger partial charge on any atom is 0.247 e. The molecule has 1 saturated heterocycles. The number of piperazine rings is 1. The van der Waals surface area contributed by atoms with E-state index in [1.54, 1.807) is 6.20 Å².